The van der Waals surface area contributed by atoms with Gasteiger partial charge in [-0.2, -0.15) is 27.2 Å². The monoisotopic (exact) mass is 532 g/mol. The van der Waals surface area contributed by atoms with Crippen molar-refractivity contribution in [1.82, 2.24) is 19.5 Å². The Morgan fingerprint density at radius 1 is 1.19 bits per heavy atom. The van der Waals surface area contributed by atoms with E-state index >= 15 is 0 Å². The summed E-state index contributed by atoms with van der Waals surface area (Å²) in [5.41, 5.74) is -0.770. The lowest BCUT2D eigenvalue weighted by Gasteiger charge is -2.22. The van der Waals surface area contributed by atoms with E-state index in [0.717, 1.165) is 13.0 Å². The number of nitrogen functional groups attached to an aromatic ring is 1. The molecule has 2 heterocycles. The number of anilines is 1. The molecule has 0 fully saturated rings. The molecule has 16 heteroatoms. The van der Waals surface area contributed by atoms with Crippen molar-refractivity contribution in [2.45, 2.75) is 38.9 Å². The van der Waals surface area contributed by atoms with E-state index in [9.17, 15) is 45.6 Å². The molecule has 0 aliphatic heterocycles. The highest BCUT2D eigenvalue weighted by Crippen LogP contribution is 2.46. The molecule has 0 amide bonds. The van der Waals surface area contributed by atoms with Crippen LogP contribution in [0.2, 0.25) is 0 Å². The number of nitriles is 1. The summed E-state index contributed by atoms with van der Waals surface area (Å²) in [6.07, 6.45) is -9.09. The summed E-state index contributed by atoms with van der Waals surface area (Å²) in [7, 11) is 0. The Bertz CT molecular complexity index is 1520. The van der Waals surface area contributed by atoms with Gasteiger partial charge in [-0.25, -0.2) is 18.7 Å². The van der Waals surface area contributed by atoms with Gasteiger partial charge in [0.25, 0.3) is 17.5 Å². The average Bonchev–Trinajstić information content (AvgIpc) is 2.78. The lowest BCUT2D eigenvalue weighted by Crippen LogP contribution is -2.38. The Balaban J connectivity index is 2.28. The number of hydrogen-bond acceptors (Lipinski definition) is 7. The Morgan fingerprint density at radius 3 is 2.38 bits per heavy atom. The molecule has 2 aromatic heterocycles. The van der Waals surface area contributed by atoms with E-state index in [1.807, 2.05) is 0 Å². The second kappa shape index (κ2) is 9.56. The summed E-state index contributed by atoms with van der Waals surface area (Å²) in [5, 5.41) is 9.19. The largest absolute Gasteiger partial charge is 0.459 e. The molecule has 0 aliphatic carbocycles. The van der Waals surface area contributed by atoms with Crippen molar-refractivity contribution in [2.24, 2.45) is 0 Å². The van der Waals surface area contributed by atoms with E-state index in [2.05, 4.69) is 15.0 Å². The van der Waals surface area contributed by atoms with Crippen molar-refractivity contribution in [2.75, 3.05) is 5.73 Å². The third kappa shape index (κ3) is 5.10. The first-order chi connectivity index (χ1) is 17.1. The molecular formula is C21H15F7N6O3. The van der Waals surface area contributed by atoms with Crippen LogP contribution in [0, 0.1) is 25.2 Å². The molecule has 37 heavy (non-hydrogen) atoms. The van der Waals surface area contributed by atoms with Gasteiger partial charge in [-0.3, -0.25) is 14.2 Å². The number of ether oxygens (including phenoxy) is 1. The molecule has 1 aromatic carbocycles. The third-order valence-electron chi connectivity index (χ3n) is 5.11. The number of aromatic nitrogens is 4. The number of aromatic amines is 1. The summed E-state index contributed by atoms with van der Waals surface area (Å²) < 4.78 is 100. The van der Waals surface area contributed by atoms with Crippen LogP contribution >= 0.6 is 0 Å². The maximum absolute atomic E-state index is 14.3. The number of nitrogens with zero attached hydrogens (tertiary/aromatic N) is 4. The van der Waals surface area contributed by atoms with Gasteiger partial charge in [0.2, 0.25) is 5.75 Å². The molecule has 9 nitrogen and oxygen atoms in total. The summed E-state index contributed by atoms with van der Waals surface area (Å²) in [5.74, 6) is -8.41. The van der Waals surface area contributed by atoms with E-state index in [0.29, 0.717) is 17.0 Å². The molecule has 0 aliphatic rings. The van der Waals surface area contributed by atoms with Crippen LogP contribution in [0.15, 0.2) is 28.0 Å². The van der Waals surface area contributed by atoms with Gasteiger partial charge in [0.05, 0.1) is 30.1 Å². The van der Waals surface area contributed by atoms with Gasteiger partial charge in [0, 0.05) is 11.1 Å². The fraction of sp³-hybridized carbons (Fsp3) is 0.286. The highest BCUT2D eigenvalue weighted by molar-refractivity contribution is 5.51. The average molecular weight is 532 g/mol. The van der Waals surface area contributed by atoms with Crippen LogP contribution in [-0.4, -0.2) is 25.7 Å². The van der Waals surface area contributed by atoms with Crippen LogP contribution in [0.5, 0.6) is 11.5 Å². The van der Waals surface area contributed by atoms with Crippen molar-refractivity contribution in [3.63, 3.8) is 0 Å². The molecule has 0 atom stereocenters. The number of nitrogens with one attached hydrogen (secondary N) is 1. The standard InChI is InChI=1S/C21H15F7N6O3/c1-8-11(5-29)3-10(16(22)23)4-13(8)37-14-15(20(24,25)21(26,27)28)31-7-34(19(14)36)6-12-17(30)32-9(2)33-18(12)35/h3-4,7,16H,6H2,1-2H3,(H3,30,32,33,35). The fourth-order valence-corrected chi connectivity index (χ4v) is 3.16. The van der Waals surface area contributed by atoms with E-state index < -0.39 is 64.5 Å². The normalized spacial score (nSPS) is 12.0. The number of aryl methyl sites for hydroxylation is 1. The zero-order valence-electron chi connectivity index (χ0n) is 18.8. The van der Waals surface area contributed by atoms with Crippen LogP contribution in [0.3, 0.4) is 0 Å². The van der Waals surface area contributed by atoms with Crippen molar-refractivity contribution in [3.05, 3.63) is 72.9 Å². The van der Waals surface area contributed by atoms with E-state index in [1.165, 1.54) is 6.92 Å². The molecule has 3 N–H and O–H groups in total. The molecule has 196 valence electrons. The van der Waals surface area contributed by atoms with E-state index in [4.69, 9.17) is 10.5 Å². The lowest BCUT2D eigenvalue weighted by atomic mass is 10.0. The zero-order chi connectivity index (χ0) is 27.9. The number of H-pyrrole nitrogens is 1. The summed E-state index contributed by atoms with van der Waals surface area (Å²) >= 11 is 0. The molecule has 0 saturated heterocycles. The second-order valence-electron chi connectivity index (χ2n) is 7.65. The Kier molecular flexibility index (Phi) is 7.02. The van der Waals surface area contributed by atoms with Crippen LogP contribution in [-0.2, 0) is 12.5 Å². The SMILES string of the molecule is Cc1nc(N)c(Cn2cnc(C(F)(F)C(F)(F)F)c(Oc3cc(C(F)F)cc(C#N)c3C)c2=O)c(=O)[nH]1. The minimum atomic E-state index is -6.23. The first kappa shape index (κ1) is 27.2. The molecule has 3 rings (SSSR count). The van der Waals surface area contributed by atoms with Crippen molar-refractivity contribution < 1.29 is 35.5 Å². The van der Waals surface area contributed by atoms with Gasteiger partial charge in [-0.1, -0.05) is 0 Å². The van der Waals surface area contributed by atoms with E-state index in [-0.39, 0.29) is 22.8 Å². The van der Waals surface area contributed by atoms with Gasteiger partial charge in [-0.05, 0) is 26.0 Å². The minimum absolute atomic E-state index is 0.101. The molecule has 0 saturated carbocycles. The third-order valence-corrected chi connectivity index (χ3v) is 5.11. The van der Waals surface area contributed by atoms with Crippen LogP contribution in [0.25, 0.3) is 0 Å². The summed E-state index contributed by atoms with van der Waals surface area (Å²) in [6.45, 7) is 1.76. The molecule has 0 radical (unpaired) electrons. The Morgan fingerprint density at radius 2 is 1.84 bits per heavy atom. The maximum Gasteiger partial charge on any atom is 0.459 e. The number of halogens is 7. The number of hydrogen-bond donors (Lipinski definition) is 2. The smallest absolute Gasteiger partial charge is 0.449 e. The first-order valence-corrected chi connectivity index (χ1v) is 9.98. The quantitative estimate of drug-likeness (QED) is 0.460. The van der Waals surface area contributed by atoms with Crippen molar-refractivity contribution >= 4 is 5.82 Å². The lowest BCUT2D eigenvalue weighted by molar-refractivity contribution is -0.291. The van der Waals surface area contributed by atoms with Gasteiger partial charge < -0.3 is 15.5 Å². The van der Waals surface area contributed by atoms with Crippen molar-refractivity contribution in [1.29, 1.82) is 5.26 Å². The number of rotatable bonds is 6. The first-order valence-electron chi connectivity index (χ1n) is 9.98. The minimum Gasteiger partial charge on any atom is -0.449 e. The predicted molar refractivity (Wildman–Crippen MR) is 112 cm³/mol. The topological polar surface area (TPSA) is 140 Å². The molecule has 0 unspecified atom stereocenters. The van der Waals surface area contributed by atoms with Gasteiger partial charge in [-0.15, -0.1) is 0 Å². The molecule has 0 bridgehead atoms. The Labute approximate surface area is 202 Å². The highest BCUT2D eigenvalue weighted by atomic mass is 19.4. The zero-order valence-corrected chi connectivity index (χ0v) is 18.8. The van der Waals surface area contributed by atoms with E-state index in [1.54, 1.807) is 6.07 Å². The number of alkyl halides is 7. The van der Waals surface area contributed by atoms with Gasteiger partial charge in [0.15, 0.2) is 5.69 Å². The molecule has 3 aromatic rings. The van der Waals surface area contributed by atoms with Crippen LogP contribution in [0.1, 0.15) is 40.2 Å². The number of nitrogens with two attached hydrogens (primary N) is 1. The predicted octanol–water partition coefficient (Wildman–Crippen LogP) is 3.83. The van der Waals surface area contributed by atoms with Gasteiger partial charge >= 0.3 is 12.1 Å². The molecular weight excluding hydrogens is 517 g/mol. The maximum atomic E-state index is 14.3. The highest BCUT2D eigenvalue weighted by Gasteiger charge is 2.62. The van der Waals surface area contributed by atoms with Crippen molar-refractivity contribution in [3.8, 4) is 17.6 Å². The van der Waals surface area contributed by atoms with Crippen LogP contribution < -0.4 is 21.6 Å². The summed E-state index contributed by atoms with van der Waals surface area (Å²) in [6, 6.07) is 2.91. The summed E-state index contributed by atoms with van der Waals surface area (Å²) in [4.78, 5) is 34.4. The number of benzene rings is 1. The second-order valence-corrected chi connectivity index (χ2v) is 7.65. The Hall–Kier alpha value is -4.42. The van der Waals surface area contributed by atoms with Gasteiger partial charge in [0.1, 0.15) is 17.4 Å². The fourth-order valence-electron chi connectivity index (χ4n) is 3.16. The van der Waals surface area contributed by atoms with Crippen LogP contribution in [0.4, 0.5) is 36.6 Å². The molecule has 0 spiro atoms.